The molecule has 1 saturated heterocycles. The second-order valence-corrected chi connectivity index (χ2v) is 2.87. The molecule has 3 atom stereocenters. The van der Waals surface area contributed by atoms with Crippen molar-refractivity contribution in [3.63, 3.8) is 0 Å². The molecule has 1 aliphatic heterocycles. The molecule has 0 bridgehead atoms. The number of hydrogen-bond acceptors (Lipinski definition) is 2. The highest BCUT2D eigenvalue weighted by Crippen LogP contribution is 2.14. The van der Waals surface area contributed by atoms with Crippen molar-refractivity contribution in [3.8, 4) is 0 Å². The topological polar surface area (TPSA) is 21.3 Å². The summed E-state index contributed by atoms with van der Waals surface area (Å²) in [6, 6.07) is 0.605. The first-order valence-corrected chi connectivity index (χ1v) is 3.57. The van der Waals surface area contributed by atoms with Crippen molar-refractivity contribution < 1.29 is 4.74 Å². The van der Waals surface area contributed by atoms with Gasteiger partial charge in [-0.1, -0.05) is 6.92 Å². The first-order chi connectivity index (χ1) is 4.22. The van der Waals surface area contributed by atoms with Crippen molar-refractivity contribution in [2.75, 3.05) is 6.73 Å². The molecule has 54 valence electrons. The van der Waals surface area contributed by atoms with Gasteiger partial charge in [0.05, 0.1) is 12.8 Å². The SMILES string of the molecule is C[C@@H]1[C@H](C)NCO[C@@H]1C. The molecular formula is C7H15NO. The highest BCUT2D eigenvalue weighted by Gasteiger charge is 2.23. The molecule has 0 aromatic heterocycles. The maximum absolute atomic E-state index is 5.35. The third-order valence-electron chi connectivity index (χ3n) is 2.28. The Balaban J connectivity index is 2.41. The fourth-order valence-corrected chi connectivity index (χ4v) is 1.06. The summed E-state index contributed by atoms with van der Waals surface area (Å²) in [4.78, 5) is 0. The molecule has 0 aliphatic carbocycles. The highest BCUT2D eigenvalue weighted by atomic mass is 16.5. The molecule has 1 heterocycles. The van der Waals surface area contributed by atoms with Crippen LogP contribution in [0.3, 0.4) is 0 Å². The van der Waals surface area contributed by atoms with Crippen molar-refractivity contribution in [1.29, 1.82) is 0 Å². The average Bonchev–Trinajstić information content (AvgIpc) is 1.83. The van der Waals surface area contributed by atoms with Gasteiger partial charge in [0.25, 0.3) is 0 Å². The monoisotopic (exact) mass is 129 g/mol. The summed E-state index contributed by atoms with van der Waals surface area (Å²) >= 11 is 0. The van der Waals surface area contributed by atoms with Crippen LogP contribution in [0.2, 0.25) is 0 Å². The minimum absolute atomic E-state index is 0.418. The van der Waals surface area contributed by atoms with Gasteiger partial charge in [-0.15, -0.1) is 0 Å². The first kappa shape index (κ1) is 7.03. The van der Waals surface area contributed by atoms with E-state index in [1.54, 1.807) is 0 Å². The van der Waals surface area contributed by atoms with E-state index >= 15 is 0 Å². The highest BCUT2D eigenvalue weighted by molar-refractivity contribution is 4.75. The standard InChI is InChI=1S/C7H15NO/c1-5-6(2)8-4-9-7(5)3/h5-8H,4H2,1-3H3/t5-,6+,7-/m1/s1. The first-order valence-electron chi connectivity index (χ1n) is 3.57. The van der Waals surface area contributed by atoms with Crippen LogP contribution in [0.25, 0.3) is 0 Å². The van der Waals surface area contributed by atoms with E-state index in [0.717, 1.165) is 0 Å². The summed E-state index contributed by atoms with van der Waals surface area (Å²) in [5.74, 6) is 0.638. The second kappa shape index (κ2) is 2.67. The lowest BCUT2D eigenvalue weighted by molar-refractivity contribution is -0.0347. The van der Waals surface area contributed by atoms with Gasteiger partial charge in [-0.25, -0.2) is 0 Å². The van der Waals surface area contributed by atoms with Gasteiger partial charge in [-0.2, -0.15) is 0 Å². The summed E-state index contributed by atoms with van der Waals surface area (Å²) in [6.07, 6.45) is 0.418. The molecule has 0 saturated carbocycles. The quantitative estimate of drug-likeness (QED) is 0.526. The molecule has 1 aliphatic rings. The van der Waals surface area contributed by atoms with Crippen molar-refractivity contribution in [2.24, 2.45) is 5.92 Å². The molecule has 0 unspecified atom stereocenters. The Bertz CT molecular complexity index is 84.9. The van der Waals surface area contributed by atoms with E-state index in [4.69, 9.17) is 4.74 Å². The molecule has 0 aromatic rings. The van der Waals surface area contributed by atoms with Crippen LogP contribution in [0.15, 0.2) is 0 Å². The summed E-state index contributed by atoms with van der Waals surface area (Å²) in [5, 5.41) is 3.24. The van der Waals surface area contributed by atoms with Gasteiger partial charge in [-0.05, 0) is 19.8 Å². The zero-order valence-corrected chi connectivity index (χ0v) is 6.35. The van der Waals surface area contributed by atoms with E-state index in [1.165, 1.54) is 0 Å². The molecule has 1 rings (SSSR count). The molecule has 2 nitrogen and oxygen atoms in total. The van der Waals surface area contributed by atoms with E-state index < -0.39 is 0 Å². The van der Waals surface area contributed by atoms with Crippen LogP contribution in [0.5, 0.6) is 0 Å². The maximum Gasteiger partial charge on any atom is 0.0971 e. The lowest BCUT2D eigenvalue weighted by atomic mass is 9.97. The van der Waals surface area contributed by atoms with Crippen LogP contribution in [0, 0.1) is 5.92 Å². The zero-order chi connectivity index (χ0) is 6.85. The molecule has 0 amide bonds. The number of hydrogen-bond donors (Lipinski definition) is 1. The van der Waals surface area contributed by atoms with Crippen molar-refractivity contribution in [1.82, 2.24) is 5.32 Å². The van der Waals surface area contributed by atoms with Crippen LogP contribution >= 0.6 is 0 Å². The Kier molecular flexibility index (Phi) is 2.09. The summed E-state index contributed by atoms with van der Waals surface area (Å²) in [5.41, 5.74) is 0. The van der Waals surface area contributed by atoms with Crippen molar-refractivity contribution >= 4 is 0 Å². The van der Waals surface area contributed by atoms with Gasteiger partial charge in [-0.3, -0.25) is 5.32 Å². The lowest BCUT2D eigenvalue weighted by Gasteiger charge is -2.32. The Morgan fingerprint density at radius 3 is 2.44 bits per heavy atom. The van der Waals surface area contributed by atoms with E-state index in [-0.39, 0.29) is 0 Å². The Hall–Kier alpha value is -0.0800. The summed E-state index contributed by atoms with van der Waals surface area (Å²) in [6.45, 7) is 7.25. The van der Waals surface area contributed by atoms with E-state index in [0.29, 0.717) is 24.8 Å². The molecule has 0 aromatic carbocycles. The van der Waals surface area contributed by atoms with Gasteiger partial charge in [0.15, 0.2) is 0 Å². The van der Waals surface area contributed by atoms with Gasteiger partial charge in [0, 0.05) is 6.04 Å². The molecular weight excluding hydrogens is 114 g/mol. The third kappa shape index (κ3) is 1.43. The largest absolute Gasteiger partial charge is 0.363 e. The van der Waals surface area contributed by atoms with Gasteiger partial charge in [0.2, 0.25) is 0 Å². The minimum atomic E-state index is 0.418. The molecule has 2 heteroatoms. The van der Waals surface area contributed by atoms with E-state index in [1.807, 2.05) is 0 Å². The Labute approximate surface area is 56.6 Å². The van der Waals surface area contributed by atoms with Crippen molar-refractivity contribution in [3.05, 3.63) is 0 Å². The van der Waals surface area contributed by atoms with Crippen molar-refractivity contribution in [2.45, 2.75) is 32.9 Å². The van der Waals surface area contributed by atoms with Gasteiger partial charge >= 0.3 is 0 Å². The smallest absolute Gasteiger partial charge is 0.0971 e. The Morgan fingerprint density at radius 1 is 1.33 bits per heavy atom. The summed E-state index contributed by atoms with van der Waals surface area (Å²) in [7, 11) is 0. The average molecular weight is 129 g/mol. The second-order valence-electron chi connectivity index (χ2n) is 2.87. The molecule has 0 spiro atoms. The summed E-state index contributed by atoms with van der Waals surface area (Å²) < 4.78 is 5.35. The normalized spacial score (nSPS) is 45.0. The number of ether oxygens (including phenoxy) is 1. The van der Waals surface area contributed by atoms with Gasteiger partial charge < -0.3 is 4.74 Å². The van der Waals surface area contributed by atoms with Crippen LogP contribution < -0.4 is 5.32 Å². The van der Waals surface area contributed by atoms with Crippen LogP contribution in [0.1, 0.15) is 20.8 Å². The van der Waals surface area contributed by atoms with Crippen LogP contribution in [-0.4, -0.2) is 18.9 Å². The lowest BCUT2D eigenvalue weighted by Crippen LogP contribution is -2.45. The third-order valence-corrected chi connectivity index (χ3v) is 2.28. The fraction of sp³-hybridized carbons (Fsp3) is 1.00. The number of rotatable bonds is 0. The fourth-order valence-electron chi connectivity index (χ4n) is 1.06. The zero-order valence-electron chi connectivity index (χ0n) is 6.35. The van der Waals surface area contributed by atoms with E-state index in [9.17, 15) is 0 Å². The minimum Gasteiger partial charge on any atom is -0.363 e. The predicted octanol–water partition coefficient (Wildman–Crippen LogP) is 0.977. The maximum atomic E-state index is 5.35. The van der Waals surface area contributed by atoms with Gasteiger partial charge in [0.1, 0.15) is 0 Å². The van der Waals surface area contributed by atoms with E-state index in [2.05, 4.69) is 26.1 Å². The molecule has 9 heavy (non-hydrogen) atoms. The molecule has 1 N–H and O–H groups in total. The molecule has 1 fully saturated rings. The molecule has 0 radical (unpaired) electrons. The van der Waals surface area contributed by atoms with Crippen LogP contribution in [-0.2, 0) is 4.74 Å². The predicted molar refractivity (Wildman–Crippen MR) is 37.2 cm³/mol. The Morgan fingerprint density at radius 2 is 2.00 bits per heavy atom. The van der Waals surface area contributed by atoms with Crippen LogP contribution in [0.4, 0.5) is 0 Å². The number of nitrogens with one attached hydrogen (secondary N) is 1.